The summed E-state index contributed by atoms with van der Waals surface area (Å²) in [7, 11) is 1.35. The van der Waals surface area contributed by atoms with Gasteiger partial charge in [0.05, 0.1) is 0 Å². The minimum Gasteiger partial charge on any atom is -0.306 e. The molecule has 0 fully saturated rings. The zero-order valence-electron chi connectivity index (χ0n) is 9.62. The van der Waals surface area contributed by atoms with Gasteiger partial charge in [-0.15, -0.1) is 0 Å². The summed E-state index contributed by atoms with van der Waals surface area (Å²) in [4.78, 5) is 0. The van der Waals surface area contributed by atoms with Crippen LogP contribution in [-0.4, -0.2) is 19.3 Å². The van der Waals surface area contributed by atoms with Gasteiger partial charge in [0.1, 0.15) is 6.04 Å². The lowest BCUT2D eigenvalue weighted by Crippen LogP contribution is -2.41. The van der Waals surface area contributed by atoms with E-state index in [4.69, 9.17) is 0 Å². The van der Waals surface area contributed by atoms with Crippen LogP contribution in [0.2, 0.25) is 0 Å². The summed E-state index contributed by atoms with van der Waals surface area (Å²) in [5.41, 5.74) is 0.467. The zero-order chi connectivity index (χ0) is 11.9. The lowest BCUT2D eigenvalue weighted by atomic mass is 10.00. The predicted molar refractivity (Wildman–Crippen MR) is 56.8 cm³/mol. The Balaban J connectivity index is 4.70. The second-order valence-corrected chi connectivity index (χ2v) is 3.58. The highest BCUT2D eigenvalue weighted by molar-refractivity contribution is 5.13. The van der Waals surface area contributed by atoms with Crippen LogP contribution in [0.25, 0.3) is 0 Å². The summed E-state index contributed by atoms with van der Waals surface area (Å²) in [6.07, 6.45) is 0.363. The molecule has 0 rings (SSSR count). The molecular weight excluding hydrogens is 203 g/mol. The first-order chi connectivity index (χ1) is 6.97. The molecule has 0 saturated carbocycles. The first-order valence-corrected chi connectivity index (χ1v) is 5.40. The van der Waals surface area contributed by atoms with Crippen molar-refractivity contribution in [2.24, 2.45) is 0 Å². The maximum absolute atomic E-state index is 12.6. The third-order valence-corrected chi connectivity index (χ3v) is 2.22. The summed E-state index contributed by atoms with van der Waals surface area (Å²) >= 11 is 0. The van der Waals surface area contributed by atoms with E-state index < -0.39 is 12.2 Å². The van der Waals surface area contributed by atoms with Crippen LogP contribution < -0.4 is 5.32 Å². The second kappa shape index (κ2) is 6.88. The predicted octanol–water partition coefficient (Wildman–Crippen LogP) is 3.66. The molecule has 0 saturated heterocycles. The van der Waals surface area contributed by atoms with Crippen LogP contribution in [-0.2, 0) is 0 Å². The number of nitrogens with one attached hydrogen (secondary N) is 1. The first kappa shape index (κ1) is 14.5. The monoisotopic (exact) mass is 223 g/mol. The van der Waals surface area contributed by atoms with Gasteiger partial charge in [-0.3, -0.25) is 0 Å². The molecule has 0 radical (unpaired) electrons. The molecule has 0 heterocycles. The van der Waals surface area contributed by atoms with Crippen LogP contribution in [0.3, 0.4) is 0 Å². The SMILES string of the molecule is CCC/C=C(/CCC)C(NC)C(F)(F)F. The highest BCUT2D eigenvalue weighted by Gasteiger charge is 2.40. The quantitative estimate of drug-likeness (QED) is 0.677. The fraction of sp³-hybridized carbons (Fsp3) is 0.818. The lowest BCUT2D eigenvalue weighted by Gasteiger charge is -2.22. The van der Waals surface area contributed by atoms with E-state index in [1.807, 2.05) is 13.8 Å². The number of halogens is 3. The number of rotatable bonds is 6. The van der Waals surface area contributed by atoms with Crippen LogP contribution in [0.15, 0.2) is 11.6 Å². The average Bonchev–Trinajstić information content (AvgIpc) is 2.13. The van der Waals surface area contributed by atoms with E-state index in [9.17, 15) is 13.2 Å². The Morgan fingerprint density at radius 2 is 1.87 bits per heavy atom. The van der Waals surface area contributed by atoms with E-state index in [0.29, 0.717) is 18.4 Å². The van der Waals surface area contributed by atoms with Gasteiger partial charge in [0.25, 0.3) is 0 Å². The zero-order valence-corrected chi connectivity index (χ0v) is 9.62. The van der Waals surface area contributed by atoms with E-state index in [1.165, 1.54) is 7.05 Å². The number of unbranched alkanes of at least 4 members (excludes halogenated alkanes) is 1. The minimum absolute atomic E-state index is 0.467. The van der Waals surface area contributed by atoms with Gasteiger partial charge in [0.15, 0.2) is 0 Å². The lowest BCUT2D eigenvalue weighted by molar-refractivity contribution is -0.146. The van der Waals surface area contributed by atoms with E-state index in [0.717, 1.165) is 12.8 Å². The number of allylic oxidation sites excluding steroid dienone is 1. The van der Waals surface area contributed by atoms with E-state index in [1.54, 1.807) is 6.08 Å². The molecule has 1 nitrogen and oxygen atoms in total. The van der Waals surface area contributed by atoms with Gasteiger partial charge in [-0.05, 0) is 25.5 Å². The molecular formula is C11H20F3N. The standard InChI is InChI=1S/C11H20F3N/c1-4-6-8-9(7-5-2)10(15-3)11(12,13)14/h8,10,15H,4-7H2,1-3H3/b9-8-. The molecule has 0 aliphatic carbocycles. The molecule has 0 aromatic heterocycles. The third kappa shape index (κ3) is 5.21. The minimum atomic E-state index is -4.19. The number of hydrogen-bond acceptors (Lipinski definition) is 1. The van der Waals surface area contributed by atoms with Gasteiger partial charge in [-0.25, -0.2) is 0 Å². The molecule has 4 heteroatoms. The average molecular weight is 223 g/mol. The topological polar surface area (TPSA) is 12.0 Å². The molecule has 0 amide bonds. The summed E-state index contributed by atoms with van der Waals surface area (Å²) in [6.45, 7) is 3.85. The summed E-state index contributed by atoms with van der Waals surface area (Å²) < 4.78 is 37.9. The highest BCUT2D eigenvalue weighted by atomic mass is 19.4. The van der Waals surface area contributed by atoms with Gasteiger partial charge >= 0.3 is 6.18 Å². The van der Waals surface area contributed by atoms with E-state index in [2.05, 4.69) is 5.32 Å². The molecule has 0 aromatic carbocycles. The maximum Gasteiger partial charge on any atom is 0.407 e. The molecule has 0 aliphatic rings. The van der Waals surface area contributed by atoms with Crippen molar-refractivity contribution in [1.29, 1.82) is 0 Å². The summed E-state index contributed by atoms with van der Waals surface area (Å²) in [5, 5.41) is 2.34. The molecule has 1 N–H and O–H groups in total. The Labute approximate surface area is 89.7 Å². The maximum atomic E-state index is 12.6. The van der Waals surface area contributed by atoms with E-state index >= 15 is 0 Å². The molecule has 0 aliphatic heterocycles. The van der Waals surface area contributed by atoms with Crippen LogP contribution >= 0.6 is 0 Å². The van der Waals surface area contributed by atoms with Gasteiger partial charge in [0, 0.05) is 0 Å². The van der Waals surface area contributed by atoms with Crippen molar-refractivity contribution in [2.75, 3.05) is 7.05 Å². The summed E-state index contributed by atoms with van der Waals surface area (Å²) in [5.74, 6) is 0. The second-order valence-electron chi connectivity index (χ2n) is 3.58. The number of hydrogen-bond donors (Lipinski definition) is 1. The van der Waals surface area contributed by atoms with Gasteiger partial charge in [-0.2, -0.15) is 13.2 Å². The highest BCUT2D eigenvalue weighted by Crippen LogP contribution is 2.27. The Hall–Kier alpha value is -0.510. The molecule has 15 heavy (non-hydrogen) atoms. The van der Waals surface area contributed by atoms with Gasteiger partial charge < -0.3 is 5.32 Å². The fourth-order valence-corrected chi connectivity index (χ4v) is 1.54. The first-order valence-electron chi connectivity index (χ1n) is 5.40. The van der Waals surface area contributed by atoms with Crippen molar-refractivity contribution >= 4 is 0 Å². The molecule has 0 bridgehead atoms. The van der Waals surface area contributed by atoms with Crippen molar-refractivity contribution in [1.82, 2.24) is 5.32 Å². The fourth-order valence-electron chi connectivity index (χ4n) is 1.54. The third-order valence-electron chi connectivity index (χ3n) is 2.22. The normalized spacial score (nSPS) is 15.5. The van der Waals surface area contributed by atoms with E-state index in [-0.39, 0.29) is 0 Å². The van der Waals surface area contributed by atoms with Crippen LogP contribution in [0.1, 0.15) is 39.5 Å². The van der Waals surface area contributed by atoms with Crippen molar-refractivity contribution in [3.8, 4) is 0 Å². The van der Waals surface area contributed by atoms with Crippen LogP contribution in [0.5, 0.6) is 0 Å². The smallest absolute Gasteiger partial charge is 0.306 e. The Kier molecular flexibility index (Phi) is 6.65. The largest absolute Gasteiger partial charge is 0.407 e. The van der Waals surface area contributed by atoms with Gasteiger partial charge in [0.2, 0.25) is 0 Å². The molecule has 1 unspecified atom stereocenters. The van der Waals surface area contributed by atoms with Gasteiger partial charge in [-0.1, -0.05) is 32.8 Å². The summed E-state index contributed by atoms with van der Waals surface area (Å²) in [6, 6.07) is -1.48. The van der Waals surface area contributed by atoms with Crippen LogP contribution in [0, 0.1) is 0 Å². The Morgan fingerprint density at radius 1 is 1.27 bits per heavy atom. The Bertz CT molecular complexity index is 196. The molecule has 90 valence electrons. The van der Waals surface area contributed by atoms with Crippen molar-refractivity contribution in [3.05, 3.63) is 11.6 Å². The molecule has 0 spiro atoms. The van der Waals surface area contributed by atoms with Crippen molar-refractivity contribution < 1.29 is 13.2 Å². The number of likely N-dealkylation sites (N-methyl/N-ethyl adjacent to an activating group) is 1. The molecule has 0 aromatic rings. The molecule has 1 atom stereocenters. The van der Waals surface area contributed by atoms with Crippen LogP contribution in [0.4, 0.5) is 13.2 Å². The van der Waals surface area contributed by atoms with Crippen molar-refractivity contribution in [2.45, 2.75) is 51.7 Å². The van der Waals surface area contributed by atoms with Crippen molar-refractivity contribution in [3.63, 3.8) is 0 Å². The number of alkyl halides is 3. The Morgan fingerprint density at radius 3 is 2.20 bits per heavy atom.